The highest BCUT2D eigenvalue weighted by Crippen LogP contribution is 2.36. The van der Waals surface area contributed by atoms with Gasteiger partial charge < -0.3 is 4.42 Å². The second kappa shape index (κ2) is 7.01. The van der Waals surface area contributed by atoms with E-state index in [2.05, 4.69) is 62.1 Å². The van der Waals surface area contributed by atoms with E-state index in [1.165, 1.54) is 6.39 Å². The van der Waals surface area contributed by atoms with E-state index in [9.17, 15) is 0 Å². The van der Waals surface area contributed by atoms with Crippen molar-refractivity contribution in [2.45, 2.75) is 13.0 Å². The molecule has 0 aliphatic carbocycles. The Kier molecular flexibility index (Phi) is 4.32. The molecule has 1 aliphatic rings. The van der Waals surface area contributed by atoms with Gasteiger partial charge in [0.05, 0.1) is 29.3 Å². The van der Waals surface area contributed by atoms with Crippen LogP contribution in [0.3, 0.4) is 0 Å². The number of hydrogen-bond donors (Lipinski definition) is 0. The highest BCUT2D eigenvalue weighted by molar-refractivity contribution is 14.1. The maximum Gasteiger partial charge on any atom is 0.181 e. The molecule has 1 aliphatic heterocycles. The normalized spacial score (nSPS) is 15.1. The van der Waals surface area contributed by atoms with Crippen LogP contribution in [0.5, 0.6) is 0 Å². The first-order valence-corrected chi connectivity index (χ1v) is 10.2. The fourth-order valence-electron chi connectivity index (χ4n) is 3.69. The maximum absolute atomic E-state index is 5.70. The van der Waals surface area contributed by atoms with E-state index in [4.69, 9.17) is 15.8 Å². The molecule has 6 heteroatoms. The number of terminal acetylenes is 1. The van der Waals surface area contributed by atoms with Crippen molar-refractivity contribution in [1.82, 2.24) is 14.5 Å². The minimum absolute atomic E-state index is 0.148. The standard InChI is InChI=1S/C23H15IN4O/c1-3-15-8-9-19-17(10-15)21(16-6-4-5-7-18(16)24)27-14(2)23-22(26-12-28(19)23)20-11-25-13-29-20/h1,4-14H,2H3/t14-/m1/s1. The third kappa shape index (κ3) is 2.89. The van der Waals surface area contributed by atoms with Crippen molar-refractivity contribution in [3.63, 3.8) is 0 Å². The van der Waals surface area contributed by atoms with E-state index in [-0.39, 0.29) is 6.04 Å². The van der Waals surface area contributed by atoms with Gasteiger partial charge in [-0.25, -0.2) is 9.97 Å². The van der Waals surface area contributed by atoms with Crippen LogP contribution < -0.4 is 0 Å². The topological polar surface area (TPSA) is 56.2 Å². The van der Waals surface area contributed by atoms with Crippen LogP contribution >= 0.6 is 22.6 Å². The highest BCUT2D eigenvalue weighted by atomic mass is 127. The maximum atomic E-state index is 5.70. The molecule has 2 aromatic carbocycles. The summed E-state index contributed by atoms with van der Waals surface area (Å²) in [5.41, 5.74) is 6.48. The van der Waals surface area contributed by atoms with Gasteiger partial charge in [0.25, 0.3) is 0 Å². The highest BCUT2D eigenvalue weighted by Gasteiger charge is 2.28. The number of benzene rings is 2. The molecule has 2 aromatic heterocycles. The van der Waals surface area contributed by atoms with Crippen LogP contribution in [0.4, 0.5) is 0 Å². The summed E-state index contributed by atoms with van der Waals surface area (Å²) in [6.07, 6.45) is 10.6. The Morgan fingerprint density at radius 2 is 2.03 bits per heavy atom. The lowest BCUT2D eigenvalue weighted by atomic mass is 9.98. The predicted molar refractivity (Wildman–Crippen MR) is 120 cm³/mol. The summed E-state index contributed by atoms with van der Waals surface area (Å²) in [5.74, 6) is 3.37. The van der Waals surface area contributed by atoms with Gasteiger partial charge in [-0.05, 0) is 53.8 Å². The van der Waals surface area contributed by atoms with Crippen LogP contribution in [0.2, 0.25) is 0 Å². The van der Waals surface area contributed by atoms with Crippen molar-refractivity contribution < 1.29 is 4.42 Å². The molecule has 1 atom stereocenters. The van der Waals surface area contributed by atoms with Crippen LogP contribution in [-0.2, 0) is 0 Å². The van der Waals surface area contributed by atoms with Crippen LogP contribution in [-0.4, -0.2) is 20.2 Å². The minimum atomic E-state index is -0.148. The monoisotopic (exact) mass is 490 g/mol. The smallest absolute Gasteiger partial charge is 0.181 e. The van der Waals surface area contributed by atoms with Crippen LogP contribution in [0, 0.1) is 15.9 Å². The molecular formula is C23H15IN4O. The number of imidazole rings is 1. The Morgan fingerprint density at radius 1 is 1.17 bits per heavy atom. The van der Waals surface area contributed by atoms with Gasteiger partial charge in [-0.15, -0.1) is 6.42 Å². The predicted octanol–water partition coefficient (Wildman–Crippen LogP) is 5.03. The molecule has 0 bridgehead atoms. The van der Waals surface area contributed by atoms with Gasteiger partial charge >= 0.3 is 0 Å². The van der Waals surface area contributed by atoms with Gasteiger partial charge in [-0.1, -0.05) is 24.1 Å². The van der Waals surface area contributed by atoms with Gasteiger partial charge in [0, 0.05) is 20.3 Å². The second-order valence-electron chi connectivity index (χ2n) is 6.72. The molecule has 5 rings (SSSR count). The van der Waals surface area contributed by atoms with E-state index in [1.54, 1.807) is 6.20 Å². The quantitative estimate of drug-likeness (QED) is 0.293. The first kappa shape index (κ1) is 17.9. The van der Waals surface area contributed by atoms with Crippen LogP contribution in [0.15, 0.2) is 70.8 Å². The molecule has 140 valence electrons. The number of aliphatic imine (C=N–C) groups is 1. The molecule has 4 aromatic rings. The summed E-state index contributed by atoms with van der Waals surface area (Å²) in [6, 6.07) is 14.1. The molecule has 0 saturated heterocycles. The summed E-state index contributed by atoms with van der Waals surface area (Å²) >= 11 is 2.35. The van der Waals surface area contributed by atoms with Crippen molar-refractivity contribution in [1.29, 1.82) is 0 Å². The number of rotatable bonds is 2. The number of hydrogen-bond acceptors (Lipinski definition) is 4. The second-order valence-corrected chi connectivity index (χ2v) is 7.89. The lowest BCUT2D eigenvalue weighted by molar-refractivity contribution is 0.568. The number of oxazole rings is 1. The van der Waals surface area contributed by atoms with Crippen molar-refractivity contribution in [3.05, 3.63) is 87.3 Å². The van der Waals surface area contributed by atoms with E-state index in [1.807, 2.05) is 36.7 Å². The molecule has 0 amide bonds. The first-order chi connectivity index (χ1) is 14.2. The molecule has 3 heterocycles. The van der Waals surface area contributed by atoms with E-state index >= 15 is 0 Å². The molecule has 0 saturated carbocycles. The fraction of sp³-hybridized carbons (Fsp3) is 0.0870. The number of fused-ring (bicyclic) bond motifs is 3. The number of halogens is 1. The van der Waals surface area contributed by atoms with Gasteiger partial charge in [0.1, 0.15) is 12.0 Å². The Hall–Kier alpha value is -3.18. The Morgan fingerprint density at radius 3 is 2.79 bits per heavy atom. The molecule has 0 fully saturated rings. The van der Waals surface area contributed by atoms with E-state index in [0.717, 1.165) is 43.0 Å². The molecule has 0 N–H and O–H groups in total. The van der Waals surface area contributed by atoms with Crippen LogP contribution in [0.1, 0.15) is 35.3 Å². The van der Waals surface area contributed by atoms with Crippen molar-refractivity contribution in [2.75, 3.05) is 0 Å². The number of aromatic nitrogens is 3. The lowest BCUT2D eigenvalue weighted by Gasteiger charge is -2.13. The van der Waals surface area contributed by atoms with E-state index < -0.39 is 0 Å². The molecule has 0 unspecified atom stereocenters. The van der Waals surface area contributed by atoms with Crippen molar-refractivity contribution >= 4 is 28.3 Å². The average molecular weight is 490 g/mol. The summed E-state index contributed by atoms with van der Waals surface area (Å²) < 4.78 is 8.73. The third-order valence-electron chi connectivity index (χ3n) is 5.00. The third-order valence-corrected chi connectivity index (χ3v) is 5.94. The zero-order valence-corrected chi connectivity index (χ0v) is 17.7. The zero-order valence-electron chi connectivity index (χ0n) is 15.5. The molecular weight excluding hydrogens is 475 g/mol. The molecule has 0 spiro atoms. The summed E-state index contributed by atoms with van der Waals surface area (Å²) in [7, 11) is 0. The summed E-state index contributed by atoms with van der Waals surface area (Å²) in [4.78, 5) is 13.8. The largest absolute Gasteiger partial charge is 0.442 e. The summed E-state index contributed by atoms with van der Waals surface area (Å²) in [5, 5.41) is 0. The zero-order chi connectivity index (χ0) is 20.0. The van der Waals surface area contributed by atoms with Gasteiger partial charge in [-0.2, -0.15) is 0 Å². The number of nitrogens with zero attached hydrogens (tertiary/aromatic N) is 4. The molecule has 0 radical (unpaired) electrons. The van der Waals surface area contributed by atoms with Gasteiger partial charge in [0.15, 0.2) is 12.2 Å². The fourth-order valence-corrected chi connectivity index (χ4v) is 4.33. The first-order valence-electron chi connectivity index (χ1n) is 9.07. The van der Waals surface area contributed by atoms with Gasteiger partial charge in [-0.3, -0.25) is 9.56 Å². The summed E-state index contributed by atoms with van der Waals surface area (Å²) in [6.45, 7) is 2.07. The SMILES string of the molecule is C#Cc1ccc2c(c1)C(c1ccccc1I)=N[C@H](C)c1c(-c3cnco3)ncn1-2. The minimum Gasteiger partial charge on any atom is -0.442 e. The Labute approximate surface area is 181 Å². The van der Waals surface area contributed by atoms with Gasteiger partial charge in [0.2, 0.25) is 0 Å². The Bertz CT molecular complexity index is 1290. The molecule has 5 nitrogen and oxygen atoms in total. The van der Waals surface area contributed by atoms with Crippen LogP contribution in [0.25, 0.3) is 17.1 Å². The lowest BCUT2D eigenvalue weighted by Crippen LogP contribution is -2.09. The van der Waals surface area contributed by atoms with E-state index in [0.29, 0.717) is 5.76 Å². The van der Waals surface area contributed by atoms with Crippen molar-refractivity contribution in [3.8, 4) is 29.5 Å². The van der Waals surface area contributed by atoms with Crippen molar-refractivity contribution in [2.24, 2.45) is 4.99 Å². The Balaban J connectivity index is 1.83. The molecule has 29 heavy (non-hydrogen) atoms. The average Bonchev–Trinajstić information content (AvgIpc) is 3.39.